The molecular formula is C30H30N4O3. The van der Waals surface area contributed by atoms with Crippen LogP contribution in [0, 0.1) is 0 Å². The lowest BCUT2D eigenvalue weighted by molar-refractivity contribution is -0.134. The molecule has 188 valence electrons. The van der Waals surface area contributed by atoms with Gasteiger partial charge in [-0.1, -0.05) is 42.5 Å². The maximum absolute atomic E-state index is 13.8. The summed E-state index contributed by atoms with van der Waals surface area (Å²) >= 11 is 0. The molecule has 1 amide bonds. The third kappa shape index (κ3) is 3.59. The number of ether oxygens (including phenoxy) is 1. The Labute approximate surface area is 216 Å². The summed E-state index contributed by atoms with van der Waals surface area (Å²) in [6.45, 7) is 4.77. The average Bonchev–Trinajstić information content (AvgIpc) is 3.59. The standard InChI is InChI=1S/C30H30N4O3/c35-27-24-8-4-5-9-25(24)30(37-27)14-15-34(21-30)28(36)29(12-13-29)22-10-11-26(31-20-22)33-18-16-32(17-19-33)23-6-2-1-3-7-23/h1-11,20H,12-19,21H2/t30-/m0/s1. The van der Waals surface area contributed by atoms with Crippen molar-refractivity contribution in [2.75, 3.05) is 49.1 Å². The van der Waals surface area contributed by atoms with Crippen LogP contribution in [-0.2, 0) is 20.5 Å². The number of esters is 1. The number of benzene rings is 2. The van der Waals surface area contributed by atoms with Crippen molar-refractivity contribution in [2.45, 2.75) is 30.3 Å². The van der Waals surface area contributed by atoms with Gasteiger partial charge in [-0.15, -0.1) is 0 Å². The molecule has 3 fully saturated rings. The third-order valence-electron chi connectivity index (χ3n) is 8.63. The highest BCUT2D eigenvalue weighted by Gasteiger charge is 2.57. The van der Waals surface area contributed by atoms with E-state index < -0.39 is 11.0 Å². The molecule has 1 atom stereocenters. The fourth-order valence-electron chi connectivity index (χ4n) is 6.35. The SMILES string of the molecule is O=C1O[C@]2(CCN(C(=O)C3(c4ccc(N5CCN(c6ccccc6)CC5)nc4)CC3)C2)c2ccccc21. The first kappa shape index (κ1) is 22.3. The van der Waals surface area contributed by atoms with E-state index in [2.05, 4.69) is 46.2 Å². The first-order valence-corrected chi connectivity index (χ1v) is 13.2. The van der Waals surface area contributed by atoms with Gasteiger partial charge in [0.15, 0.2) is 5.60 Å². The maximum Gasteiger partial charge on any atom is 0.339 e. The number of piperazine rings is 1. The lowest BCUT2D eigenvalue weighted by atomic mass is 9.91. The molecule has 37 heavy (non-hydrogen) atoms. The minimum atomic E-state index is -0.705. The van der Waals surface area contributed by atoms with Crippen molar-refractivity contribution in [3.8, 4) is 0 Å². The van der Waals surface area contributed by atoms with Crippen molar-refractivity contribution in [1.29, 1.82) is 0 Å². The van der Waals surface area contributed by atoms with Gasteiger partial charge in [0.05, 0.1) is 17.5 Å². The minimum Gasteiger partial charge on any atom is -0.449 e. The summed E-state index contributed by atoms with van der Waals surface area (Å²) in [6, 6.07) is 22.3. The molecular weight excluding hydrogens is 464 g/mol. The van der Waals surface area contributed by atoms with Gasteiger partial charge in [0.25, 0.3) is 0 Å². The fourth-order valence-corrected chi connectivity index (χ4v) is 6.35. The molecule has 2 aromatic carbocycles. The van der Waals surface area contributed by atoms with Crippen LogP contribution in [0.1, 0.15) is 40.7 Å². The molecule has 1 aromatic heterocycles. The van der Waals surface area contributed by atoms with Crippen LogP contribution in [0.5, 0.6) is 0 Å². The van der Waals surface area contributed by atoms with Crippen molar-refractivity contribution in [2.24, 2.45) is 0 Å². The fraction of sp³-hybridized carbons (Fsp3) is 0.367. The molecule has 1 spiro atoms. The quantitative estimate of drug-likeness (QED) is 0.515. The van der Waals surface area contributed by atoms with E-state index in [0.717, 1.165) is 56.0 Å². The van der Waals surface area contributed by atoms with E-state index in [4.69, 9.17) is 9.72 Å². The van der Waals surface area contributed by atoms with E-state index in [1.807, 2.05) is 41.4 Å². The van der Waals surface area contributed by atoms with Crippen LogP contribution >= 0.6 is 0 Å². The summed E-state index contributed by atoms with van der Waals surface area (Å²) in [5, 5.41) is 0. The first-order chi connectivity index (χ1) is 18.1. The zero-order chi connectivity index (χ0) is 25.0. The van der Waals surface area contributed by atoms with E-state index >= 15 is 0 Å². The Balaban J connectivity index is 1.03. The molecule has 2 saturated heterocycles. The Hall–Kier alpha value is -3.87. The molecule has 7 heteroatoms. The van der Waals surface area contributed by atoms with Gasteiger partial charge in [0, 0.05) is 56.6 Å². The molecule has 1 saturated carbocycles. The number of anilines is 2. The Morgan fingerprint density at radius 1 is 0.811 bits per heavy atom. The number of para-hydroxylation sites is 1. The number of hydrogen-bond acceptors (Lipinski definition) is 6. The van der Waals surface area contributed by atoms with Crippen LogP contribution in [-0.4, -0.2) is 61.0 Å². The van der Waals surface area contributed by atoms with Gasteiger partial charge in [-0.2, -0.15) is 0 Å². The highest BCUT2D eigenvalue weighted by atomic mass is 16.6. The van der Waals surface area contributed by atoms with Gasteiger partial charge in [-0.05, 0) is 42.7 Å². The predicted octanol–water partition coefficient (Wildman–Crippen LogP) is 3.74. The second-order valence-electron chi connectivity index (χ2n) is 10.7. The summed E-state index contributed by atoms with van der Waals surface area (Å²) in [7, 11) is 0. The highest BCUT2D eigenvalue weighted by molar-refractivity contribution is 5.96. The normalized spacial score (nSPS) is 23.8. The Morgan fingerprint density at radius 3 is 2.27 bits per heavy atom. The van der Waals surface area contributed by atoms with Crippen molar-refractivity contribution < 1.29 is 14.3 Å². The van der Waals surface area contributed by atoms with Gasteiger partial charge in [-0.3, -0.25) is 4.79 Å². The number of amides is 1. The Morgan fingerprint density at radius 2 is 1.54 bits per heavy atom. The van der Waals surface area contributed by atoms with Crippen molar-refractivity contribution in [3.05, 3.63) is 89.6 Å². The van der Waals surface area contributed by atoms with Gasteiger partial charge in [0.2, 0.25) is 5.91 Å². The smallest absolute Gasteiger partial charge is 0.339 e. The van der Waals surface area contributed by atoms with E-state index in [-0.39, 0.29) is 11.9 Å². The van der Waals surface area contributed by atoms with Gasteiger partial charge in [0.1, 0.15) is 5.82 Å². The van der Waals surface area contributed by atoms with Crippen LogP contribution in [0.15, 0.2) is 72.9 Å². The first-order valence-electron chi connectivity index (χ1n) is 13.2. The second kappa shape index (κ2) is 8.33. The number of aromatic nitrogens is 1. The van der Waals surface area contributed by atoms with E-state index in [1.165, 1.54) is 5.69 Å². The number of rotatable bonds is 4. The van der Waals surface area contributed by atoms with Crippen LogP contribution in [0.2, 0.25) is 0 Å². The summed E-state index contributed by atoms with van der Waals surface area (Å²) in [6.07, 6.45) is 4.22. The molecule has 3 aromatic rings. The van der Waals surface area contributed by atoms with Crippen LogP contribution < -0.4 is 9.80 Å². The third-order valence-corrected chi connectivity index (χ3v) is 8.63. The molecule has 7 nitrogen and oxygen atoms in total. The Bertz CT molecular complexity index is 1350. The largest absolute Gasteiger partial charge is 0.449 e. The van der Waals surface area contributed by atoms with Crippen molar-refractivity contribution in [3.63, 3.8) is 0 Å². The second-order valence-corrected chi connectivity index (χ2v) is 10.7. The molecule has 0 N–H and O–H groups in total. The lowest BCUT2D eigenvalue weighted by Gasteiger charge is -2.36. The molecule has 0 unspecified atom stereocenters. The van der Waals surface area contributed by atoms with Crippen LogP contribution in [0.3, 0.4) is 0 Å². The lowest BCUT2D eigenvalue weighted by Crippen LogP contribution is -2.46. The summed E-state index contributed by atoms with van der Waals surface area (Å²) in [5.74, 6) is 0.820. The molecule has 3 aliphatic heterocycles. The number of likely N-dealkylation sites (tertiary alicyclic amines) is 1. The van der Waals surface area contributed by atoms with Crippen LogP contribution in [0.4, 0.5) is 11.5 Å². The van der Waals surface area contributed by atoms with Crippen molar-refractivity contribution >= 4 is 23.4 Å². The van der Waals surface area contributed by atoms with E-state index in [9.17, 15) is 9.59 Å². The zero-order valence-electron chi connectivity index (χ0n) is 20.8. The molecule has 0 bridgehead atoms. The molecule has 4 aliphatic rings. The molecule has 7 rings (SSSR count). The maximum atomic E-state index is 13.8. The predicted molar refractivity (Wildman–Crippen MR) is 141 cm³/mol. The molecule has 0 radical (unpaired) electrons. The summed E-state index contributed by atoms with van der Waals surface area (Å²) in [5.41, 5.74) is 2.60. The minimum absolute atomic E-state index is 0.135. The highest BCUT2D eigenvalue weighted by Crippen LogP contribution is 2.52. The number of pyridine rings is 1. The van der Waals surface area contributed by atoms with Gasteiger partial charge < -0.3 is 19.4 Å². The van der Waals surface area contributed by atoms with E-state index in [0.29, 0.717) is 25.1 Å². The van der Waals surface area contributed by atoms with Gasteiger partial charge in [-0.25, -0.2) is 9.78 Å². The van der Waals surface area contributed by atoms with E-state index in [1.54, 1.807) is 0 Å². The van der Waals surface area contributed by atoms with Gasteiger partial charge >= 0.3 is 5.97 Å². The number of fused-ring (bicyclic) bond motifs is 2. The number of nitrogens with zero attached hydrogens (tertiary/aromatic N) is 4. The number of carbonyl (C=O) groups excluding carboxylic acids is 2. The summed E-state index contributed by atoms with van der Waals surface area (Å²) < 4.78 is 5.86. The number of carbonyl (C=O) groups is 2. The average molecular weight is 495 g/mol. The number of hydrogen-bond donors (Lipinski definition) is 0. The molecule has 1 aliphatic carbocycles. The van der Waals surface area contributed by atoms with Crippen LogP contribution in [0.25, 0.3) is 0 Å². The van der Waals surface area contributed by atoms with Crippen molar-refractivity contribution in [1.82, 2.24) is 9.88 Å². The monoisotopic (exact) mass is 494 g/mol. The topological polar surface area (TPSA) is 66.0 Å². The summed E-state index contributed by atoms with van der Waals surface area (Å²) in [4.78, 5) is 37.6. The zero-order valence-corrected chi connectivity index (χ0v) is 20.8. The Kier molecular flexibility index (Phi) is 5.03. The molecule has 4 heterocycles.